The molecule has 0 spiro atoms. The van der Waals surface area contributed by atoms with E-state index >= 15 is 0 Å². The standard InChI is InChI=1S/C15H18N4O3/c1-4-18-8-7-13(17-18)11(3)16-15(20)12-6-5-10(2)14(9-12)19(21)22/h5-9,11H,4H2,1-3H3,(H,16,20). The maximum Gasteiger partial charge on any atom is 0.273 e. The maximum absolute atomic E-state index is 12.2. The zero-order valence-corrected chi connectivity index (χ0v) is 12.7. The molecule has 116 valence electrons. The van der Waals surface area contributed by atoms with Gasteiger partial charge in [-0.05, 0) is 32.9 Å². The van der Waals surface area contributed by atoms with Gasteiger partial charge in [-0.3, -0.25) is 19.6 Å². The smallest absolute Gasteiger partial charge is 0.273 e. The highest BCUT2D eigenvalue weighted by molar-refractivity contribution is 5.95. The number of nitrogens with one attached hydrogen (secondary N) is 1. The van der Waals surface area contributed by atoms with E-state index < -0.39 is 4.92 Å². The largest absolute Gasteiger partial charge is 0.344 e. The minimum absolute atomic E-state index is 0.0597. The molecule has 0 aliphatic heterocycles. The van der Waals surface area contributed by atoms with Crippen molar-refractivity contribution in [3.05, 3.63) is 57.4 Å². The number of nitro benzene ring substituents is 1. The third-order valence-corrected chi connectivity index (χ3v) is 3.44. The highest BCUT2D eigenvalue weighted by Crippen LogP contribution is 2.20. The fourth-order valence-corrected chi connectivity index (χ4v) is 2.09. The van der Waals surface area contributed by atoms with Gasteiger partial charge in [0.05, 0.1) is 16.7 Å². The van der Waals surface area contributed by atoms with Crippen molar-refractivity contribution >= 4 is 11.6 Å². The lowest BCUT2D eigenvalue weighted by Gasteiger charge is -2.12. The average Bonchev–Trinajstić information content (AvgIpc) is 2.96. The molecule has 0 fully saturated rings. The highest BCUT2D eigenvalue weighted by Gasteiger charge is 2.17. The van der Waals surface area contributed by atoms with Crippen molar-refractivity contribution in [3.63, 3.8) is 0 Å². The van der Waals surface area contributed by atoms with Crippen LogP contribution in [0.25, 0.3) is 0 Å². The number of carbonyl (C=O) groups excluding carboxylic acids is 1. The third kappa shape index (κ3) is 3.30. The predicted molar refractivity (Wildman–Crippen MR) is 81.6 cm³/mol. The van der Waals surface area contributed by atoms with Gasteiger partial charge in [-0.1, -0.05) is 6.07 Å². The number of hydrogen-bond donors (Lipinski definition) is 1. The Hall–Kier alpha value is -2.70. The summed E-state index contributed by atoms with van der Waals surface area (Å²) >= 11 is 0. The van der Waals surface area contributed by atoms with Crippen LogP contribution in [0.15, 0.2) is 30.5 Å². The number of benzene rings is 1. The Balaban J connectivity index is 2.15. The lowest BCUT2D eigenvalue weighted by molar-refractivity contribution is -0.385. The molecule has 1 N–H and O–H groups in total. The first-order chi connectivity index (χ1) is 10.4. The normalized spacial score (nSPS) is 12.0. The van der Waals surface area contributed by atoms with Crippen molar-refractivity contribution in [2.24, 2.45) is 0 Å². The van der Waals surface area contributed by atoms with E-state index in [1.165, 1.54) is 6.07 Å². The van der Waals surface area contributed by atoms with E-state index in [1.54, 1.807) is 23.7 Å². The van der Waals surface area contributed by atoms with E-state index in [1.807, 2.05) is 26.1 Å². The summed E-state index contributed by atoms with van der Waals surface area (Å²) in [5, 5.41) is 18.1. The van der Waals surface area contributed by atoms with Gasteiger partial charge < -0.3 is 5.32 Å². The summed E-state index contributed by atoms with van der Waals surface area (Å²) in [6, 6.07) is 6.01. The number of nitrogens with zero attached hydrogens (tertiary/aromatic N) is 3. The first-order valence-electron chi connectivity index (χ1n) is 7.01. The minimum atomic E-state index is -0.488. The van der Waals surface area contributed by atoms with Crippen LogP contribution in [0.1, 0.15) is 41.5 Å². The number of carbonyl (C=O) groups is 1. The number of hydrogen-bond acceptors (Lipinski definition) is 4. The summed E-state index contributed by atoms with van der Waals surface area (Å²) in [4.78, 5) is 22.7. The van der Waals surface area contributed by atoms with Crippen LogP contribution in [0, 0.1) is 17.0 Å². The summed E-state index contributed by atoms with van der Waals surface area (Å²) in [5.41, 5.74) is 1.47. The van der Waals surface area contributed by atoms with Crippen LogP contribution in [0.4, 0.5) is 5.69 Å². The molecule has 7 nitrogen and oxygen atoms in total. The second-order valence-electron chi connectivity index (χ2n) is 5.05. The molecule has 1 unspecified atom stereocenters. The van der Waals surface area contributed by atoms with Crippen LogP contribution >= 0.6 is 0 Å². The molecule has 1 aromatic heterocycles. The average molecular weight is 302 g/mol. The van der Waals surface area contributed by atoms with Crippen molar-refractivity contribution < 1.29 is 9.72 Å². The molecular formula is C15H18N4O3. The van der Waals surface area contributed by atoms with Crippen LogP contribution in [-0.4, -0.2) is 20.6 Å². The van der Waals surface area contributed by atoms with Gasteiger partial charge in [0.1, 0.15) is 0 Å². The molecule has 1 atom stereocenters. The Labute approximate surface area is 128 Å². The molecule has 0 saturated carbocycles. The summed E-state index contributed by atoms with van der Waals surface area (Å²) < 4.78 is 1.77. The van der Waals surface area contributed by atoms with Crippen LogP contribution in [-0.2, 0) is 6.54 Å². The first kappa shape index (κ1) is 15.7. The third-order valence-electron chi connectivity index (χ3n) is 3.44. The van der Waals surface area contributed by atoms with Crippen molar-refractivity contribution in [2.75, 3.05) is 0 Å². The Morgan fingerprint density at radius 3 is 2.77 bits per heavy atom. The van der Waals surface area contributed by atoms with E-state index in [2.05, 4.69) is 10.4 Å². The zero-order valence-electron chi connectivity index (χ0n) is 12.7. The van der Waals surface area contributed by atoms with Crippen LogP contribution < -0.4 is 5.32 Å². The predicted octanol–water partition coefficient (Wildman–Crippen LogP) is 2.61. The highest BCUT2D eigenvalue weighted by atomic mass is 16.6. The number of nitro groups is 1. The molecule has 22 heavy (non-hydrogen) atoms. The topological polar surface area (TPSA) is 90.1 Å². The summed E-state index contributed by atoms with van der Waals surface area (Å²) in [6.07, 6.45) is 1.84. The Bertz CT molecular complexity index is 709. The molecular weight excluding hydrogens is 284 g/mol. The molecule has 1 heterocycles. The van der Waals surface area contributed by atoms with E-state index in [-0.39, 0.29) is 23.2 Å². The van der Waals surface area contributed by atoms with Gasteiger partial charge in [0.2, 0.25) is 0 Å². The Kier molecular flexibility index (Phi) is 4.55. The van der Waals surface area contributed by atoms with Gasteiger partial charge in [-0.25, -0.2) is 0 Å². The van der Waals surface area contributed by atoms with Crippen molar-refractivity contribution in [2.45, 2.75) is 33.4 Å². The van der Waals surface area contributed by atoms with Gasteiger partial charge >= 0.3 is 0 Å². The molecule has 0 bridgehead atoms. The lowest BCUT2D eigenvalue weighted by Crippen LogP contribution is -2.27. The molecule has 1 amide bonds. The molecule has 7 heteroatoms. The molecule has 1 aromatic carbocycles. The first-order valence-corrected chi connectivity index (χ1v) is 7.01. The van der Waals surface area contributed by atoms with Gasteiger partial charge in [-0.15, -0.1) is 0 Å². The Morgan fingerprint density at radius 1 is 1.45 bits per heavy atom. The van der Waals surface area contributed by atoms with Gasteiger partial charge in [0, 0.05) is 29.9 Å². The summed E-state index contributed by atoms with van der Waals surface area (Å²) in [5.74, 6) is -0.360. The van der Waals surface area contributed by atoms with Crippen LogP contribution in [0.5, 0.6) is 0 Å². The van der Waals surface area contributed by atoms with Gasteiger partial charge in [0.15, 0.2) is 0 Å². The van der Waals surface area contributed by atoms with E-state index in [0.717, 1.165) is 12.2 Å². The SMILES string of the molecule is CCn1ccc(C(C)NC(=O)c2ccc(C)c([N+](=O)[O-])c2)n1. The van der Waals surface area contributed by atoms with E-state index in [9.17, 15) is 14.9 Å². The van der Waals surface area contributed by atoms with Gasteiger partial charge in [-0.2, -0.15) is 5.10 Å². The van der Waals surface area contributed by atoms with E-state index in [4.69, 9.17) is 0 Å². The number of aryl methyl sites for hydroxylation is 2. The number of amides is 1. The number of aromatic nitrogens is 2. The molecule has 0 saturated heterocycles. The number of rotatable bonds is 5. The van der Waals surface area contributed by atoms with Crippen molar-refractivity contribution in [1.82, 2.24) is 15.1 Å². The monoisotopic (exact) mass is 302 g/mol. The second kappa shape index (κ2) is 6.38. The van der Waals surface area contributed by atoms with Crippen LogP contribution in [0.3, 0.4) is 0 Å². The molecule has 0 aliphatic carbocycles. The van der Waals surface area contributed by atoms with Gasteiger partial charge in [0.25, 0.3) is 11.6 Å². The lowest BCUT2D eigenvalue weighted by atomic mass is 10.1. The second-order valence-corrected chi connectivity index (χ2v) is 5.05. The molecule has 0 radical (unpaired) electrons. The quantitative estimate of drug-likeness (QED) is 0.679. The zero-order chi connectivity index (χ0) is 16.3. The fourth-order valence-electron chi connectivity index (χ4n) is 2.09. The van der Waals surface area contributed by atoms with E-state index in [0.29, 0.717) is 5.56 Å². The molecule has 0 aliphatic rings. The minimum Gasteiger partial charge on any atom is -0.344 e. The fraction of sp³-hybridized carbons (Fsp3) is 0.333. The molecule has 2 aromatic rings. The summed E-state index contributed by atoms with van der Waals surface area (Å²) in [6.45, 7) is 6.19. The Morgan fingerprint density at radius 2 is 2.18 bits per heavy atom. The van der Waals surface area contributed by atoms with Crippen molar-refractivity contribution in [1.29, 1.82) is 0 Å². The van der Waals surface area contributed by atoms with Crippen molar-refractivity contribution in [3.8, 4) is 0 Å². The van der Waals surface area contributed by atoms with Crippen LogP contribution in [0.2, 0.25) is 0 Å². The maximum atomic E-state index is 12.2. The molecule has 2 rings (SSSR count). The summed E-state index contributed by atoms with van der Waals surface area (Å²) in [7, 11) is 0.